The fourth-order valence-electron chi connectivity index (χ4n) is 3.28. The number of rotatable bonds is 7. The Morgan fingerprint density at radius 3 is 2.64 bits per heavy atom. The van der Waals surface area contributed by atoms with E-state index in [1.54, 1.807) is 0 Å². The topological polar surface area (TPSA) is 31.2 Å². The van der Waals surface area contributed by atoms with Gasteiger partial charge in [0.25, 0.3) is 0 Å². The van der Waals surface area contributed by atoms with Gasteiger partial charge in [0, 0.05) is 30.1 Å². The lowest BCUT2D eigenvalue weighted by molar-refractivity contribution is -0.144. The maximum absolute atomic E-state index is 12.4. The SMILES string of the molecule is CCCCC#CC(C)OC(=O)Cc1cn(Cc2ccccc2)c2ccccc12. The average molecular weight is 373 g/mol. The highest BCUT2D eigenvalue weighted by Crippen LogP contribution is 2.23. The van der Waals surface area contributed by atoms with Gasteiger partial charge < -0.3 is 9.30 Å². The summed E-state index contributed by atoms with van der Waals surface area (Å²) in [5, 5.41) is 1.09. The number of hydrogen-bond donors (Lipinski definition) is 0. The molecule has 3 heteroatoms. The van der Waals surface area contributed by atoms with Gasteiger partial charge in [-0.05, 0) is 30.5 Å². The number of carbonyl (C=O) groups excluding carboxylic acids is 1. The van der Waals surface area contributed by atoms with Crippen molar-refractivity contribution in [2.45, 2.75) is 52.2 Å². The number of fused-ring (bicyclic) bond motifs is 1. The van der Waals surface area contributed by atoms with Crippen LogP contribution < -0.4 is 0 Å². The molecule has 0 aliphatic rings. The molecule has 2 aromatic carbocycles. The summed E-state index contributed by atoms with van der Waals surface area (Å²) in [6.07, 6.45) is 5.00. The summed E-state index contributed by atoms with van der Waals surface area (Å²) < 4.78 is 7.68. The molecule has 3 rings (SSSR count). The molecule has 0 bridgehead atoms. The number of nitrogens with zero attached hydrogens (tertiary/aromatic N) is 1. The maximum Gasteiger partial charge on any atom is 0.311 e. The van der Waals surface area contributed by atoms with Crippen LogP contribution in [-0.2, 0) is 22.5 Å². The number of aromatic nitrogens is 1. The van der Waals surface area contributed by atoms with Crippen LogP contribution in [0.25, 0.3) is 10.9 Å². The molecule has 28 heavy (non-hydrogen) atoms. The van der Waals surface area contributed by atoms with E-state index in [1.807, 2.05) is 37.3 Å². The standard InChI is InChI=1S/C25H27NO2/c1-3-4-5-7-12-20(2)28-25(27)17-22-19-26(18-21-13-8-6-9-14-21)24-16-11-10-15-23(22)24/h6,8-11,13-16,19-20H,3-5,17-18H2,1-2H3. The quantitative estimate of drug-likeness (QED) is 0.317. The van der Waals surface area contributed by atoms with Crippen LogP contribution in [0.2, 0.25) is 0 Å². The van der Waals surface area contributed by atoms with Crippen molar-refractivity contribution in [1.82, 2.24) is 4.57 Å². The predicted octanol–water partition coefficient (Wildman–Crippen LogP) is 5.36. The van der Waals surface area contributed by atoms with E-state index < -0.39 is 0 Å². The van der Waals surface area contributed by atoms with Gasteiger partial charge in [-0.25, -0.2) is 0 Å². The molecular formula is C25H27NO2. The van der Waals surface area contributed by atoms with E-state index in [0.29, 0.717) is 0 Å². The molecule has 0 fully saturated rings. The average Bonchev–Trinajstić information content (AvgIpc) is 3.03. The van der Waals surface area contributed by atoms with Gasteiger partial charge in [0.05, 0.1) is 6.42 Å². The van der Waals surface area contributed by atoms with Crippen LogP contribution in [0.4, 0.5) is 0 Å². The number of para-hydroxylation sites is 1. The normalized spacial score (nSPS) is 11.6. The molecule has 0 N–H and O–H groups in total. The lowest BCUT2D eigenvalue weighted by atomic mass is 10.1. The third kappa shape index (κ3) is 5.27. The molecule has 1 atom stereocenters. The molecule has 0 aliphatic carbocycles. The minimum atomic E-state index is -0.373. The third-order valence-corrected chi connectivity index (χ3v) is 4.67. The highest BCUT2D eigenvalue weighted by Gasteiger charge is 2.14. The van der Waals surface area contributed by atoms with Gasteiger partial charge in [0.15, 0.2) is 6.10 Å². The molecule has 0 radical (unpaired) electrons. The fraction of sp³-hybridized carbons (Fsp3) is 0.320. The van der Waals surface area contributed by atoms with Crippen molar-refractivity contribution in [3.8, 4) is 11.8 Å². The number of hydrogen-bond acceptors (Lipinski definition) is 2. The molecule has 0 spiro atoms. The van der Waals surface area contributed by atoms with Gasteiger partial charge in [-0.3, -0.25) is 4.79 Å². The number of carbonyl (C=O) groups is 1. The molecule has 0 saturated carbocycles. The molecule has 1 aromatic heterocycles. The van der Waals surface area contributed by atoms with Crippen LogP contribution in [0.5, 0.6) is 0 Å². The van der Waals surface area contributed by atoms with E-state index in [2.05, 4.69) is 53.8 Å². The molecule has 3 aromatic rings. The minimum absolute atomic E-state index is 0.236. The third-order valence-electron chi connectivity index (χ3n) is 4.67. The monoisotopic (exact) mass is 373 g/mol. The van der Waals surface area contributed by atoms with Crippen molar-refractivity contribution < 1.29 is 9.53 Å². The van der Waals surface area contributed by atoms with Crippen molar-refractivity contribution in [3.63, 3.8) is 0 Å². The summed E-state index contributed by atoms with van der Waals surface area (Å²) in [4.78, 5) is 12.4. The zero-order valence-corrected chi connectivity index (χ0v) is 16.7. The molecule has 3 nitrogen and oxygen atoms in total. The van der Waals surface area contributed by atoms with Crippen molar-refractivity contribution in [1.29, 1.82) is 0 Å². The van der Waals surface area contributed by atoms with Gasteiger partial charge in [-0.2, -0.15) is 0 Å². The van der Waals surface area contributed by atoms with Gasteiger partial charge in [0.2, 0.25) is 0 Å². The lowest BCUT2D eigenvalue weighted by Gasteiger charge is -2.07. The summed E-state index contributed by atoms with van der Waals surface area (Å²) in [5.41, 5.74) is 3.34. The zero-order chi connectivity index (χ0) is 19.8. The van der Waals surface area contributed by atoms with Crippen LogP contribution in [-0.4, -0.2) is 16.6 Å². The Bertz CT molecular complexity index is 976. The number of esters is 1. The number of ether oxygens (including phenoxy) is 1. The summed E-state index contributed by atoms with van der Waals surface area (Å²) in [6, 6.07) is 18.5. The largest absolute Gasteiger partial charge is 0.449 e. The number of unbranched alkanes of at least 4 members (excludes halogenated alkanes) is 2. The molecule has 0 aliphatic heterocycles. The van der Waals surface area contributed by atoms with Crippen molar-refractivity contribution in [2.75, 3.05) is 0 Å². The summed E-state index contributed by atoms with van der Waals surface area (Å²) in [5.74, 6) is 5.86. The Kier molecular flexibility index (Phi) is 6.92. The Morgan fingerprint density at radius 1 is 1.11 bits per heavy atom. The second kappa shape index (κ2) is 9.80. The van der Waals surface area contributed by atoms with E-state index >= 15 is 0 Å². The Labute approximate surface area is 167 Å². The molecule has 0 saturated heterocycles. The zero-order valence-electron chi connectivity index (χ0n) is 16.7. The van der Waals surface area contributed by atoms with E-state index in [-0.39, 0.29) is 18.5 Å². The Morgan fingerprint density at radius 2 is 1.86 bits per heavy atom. The first-order valence-corrected chi connectivity index (χ1v) is 9.96. The van der Waals surface area contributed by atoms with E-state index in [0.717, 1.165) is 42.3 Å². The second-order valence-electron chi connectivity index (χ2n) is 7.02. The van der Waals surface area contributed by atoms with E-state index in [9.17, 15) is 4.79 Å². The first-order chi connectivity index (χ1) is 13.7. The molecule has 1 heterocycles. The fourth-order valence-corrected chi connectivity index (χ4v) is 3.28. The van der Waals surface area contributed by atoms with Gasteiger partial charge >= 0.3 is 5.97 Å². The smallest absolute Gasteiger partial charge is 0.311 e. The summed E-state index contributed by atoms with van der Waals surface area (Å²) >= 11 is 0. The van der Waals surface area contributed by atoms with Crippen LogP contribution in [0.1, 0.15) is 44.2 Å². The minimum Gasteiger partial charge on any atom is -0.449 e. The van der Waals surface area contributed by atoms with Crippen LogP contribution >= 0.6 is 0 Å². The Balaban J connectivity index is 1.72. The van der Waals surface area contributed by atoms with E-state index in [1.165, 1.54) is 5.56 Å². The lowest BCUT2D eigenvalue weighted by Crippen LogP contribution is -2.15. The first-order valence-electron chi connectivity index (χ1n) is 9.96. The summed E-state index contributed by atoms with van der Waals surface area (Å²) in [7, 11) is 0. The molecule has 0 amide bonds. The van der Waals surface area contributed by atoms with Gasteiger partial charge in [0.1, 0.15) is 0 Å². The summed E-state index contributed by atoms with van der Waals surface area (Å²) in [6.45, 7) is 4.74. The Hall–Kier alpha value is -2.99. The van der Waals surface area contributed by atoms with Gasteiger partial charge in [-0.1, -0.05) is 73.7 Å². The number of benzene rings is 2. The molecular weight excluding hydrogens is 346 g/mol. The van der Waals surface area contributed by atoms with Gasteiger partial charge in [-0.15, -0.1) is 0 Å². The van der Waals surface area contributed by atoms with Crippen molar-refractivity contribution >= 4 is 16.9 Å². The highest BCUT2D eigenvalue weighted by molar-refractivity contribution is 5.88. The van der Waals surface area contributed by atoms with Crippen LogP contribution in [0.15, 0.2) is 60.8 Å². The van der Waals surface area contributed by atoms with Crippen LogP contribution in [0.3, 0.4) is 0 Å². The van der Waals surface area contributed by atoms with Crippen molar-refractivity contribution in [3.05, 3.63) is 71.9 Å². The highest BCUT2D eigenvalue weighted by atomic mass is 16.5. The predicted molar refractivity (Wildman–Crippen MR) is 114 cm³/mol. The molecule has 1 unspecified atom stereocenters. The van der Waals surface area contributed by atoms with Crippen molar-refractivity contribution in [2.24, 2.45) is 0 Å². The first kappa shape index (κ1) is 19.8. The van der Waals surface area contributed by atoms with E-state index in [4.69, 9.17) is 4.74 Å². The van der Waals surface area contributed by atoms with Crippen LogP contribution in [0, 0.1) is 11.8 Å². The molecule has 144 valence electrons. The second-order valence-corrected chi connectivity index (χ2v) is 7.02. The maximum atomic E-state index is 12.4.